The molecule has 0 radical (unpaired) electrons. The van der Waals surface area contributed by atoms with Gasteiger partial charge in [0, 0.05) is 11.4 Å². The summed E-state index contributed by atoms with van der Waals surface area (Å²) in [5.41, 5.74) is 0. The van der Waals surface area contributed by atoms with Gasteiger partial charge in [-0.1, -0.05) is 0 Å². The molecule has 1 rings (SSSR count). The molecule has 3 N–H and O–H groups in total. The lowest BCUT2D eigenvalue weighted by Gasteiger charge is -2.05. The number of thiophene rings is 1. The first-order valence-electron chi connectivity index (χ1n) is 4.79. The van der Waals surface area contributed by atoms with Crippen LogP contribution in [-0.4, -0.2) is 37.2 Å². The number of hydrogen-bond acceptors (Lipinski definition) is 5. The summed E-state index contributed by atoms with van der Waals surface area (Å²) >= 11 is 0.907. The minimum Gasteiger partial charge on any atom is -0.481 e. The Labute approximate surface area is 103 Å². The van der Waals surface area contributed by atoms with E-state index in [9.17, 15) is 13.2 Å². The monoisotopic (exact) mass is 279 g/mol. The Bertz CT molecular complexity index is 491. The standard InChI is InChI=1S/C9H13NO5S2/c1-6(11)5-10-17(14,15)9-3-2-7(16-9)4-8(12)13/h2-3,6,10-11H,4-5H2,1H3,(H,12,13)/t6-/m1/s1. The van der Waals surface area contributed by atoms with Gasteiger partial charge in [-0.15, -0.1) is 11.3 Å². The first-order chi connectivity index (χ1) is 7.81. The van der Waals surface area contributed by atoms with Gasteiger partial charge < -0.3 is 10.2 Å². The minimum atomic E-state index is -3.65. The number of carbonyl (C=O) groups is 1. The fourth-order valence-electron chi connectivity index (χ4n) is 1.05. The van der Waals surface area contributed by atoms with Gasteiger partial charge in [-0.05, 0) is 19.1 Å². The van der Waals surface area contributed by atoms with Gasteiger partial charge in [-0.3, -0.25) is 4.79 Å². The first kappa shape index (κ1) is 14.1. The molecule has 1 aromatic rings. The largest absolute Gasteiger partial charge is 0.481 e. The van der Waals surface area contributed by atoms with Gasteiger partial charge in [0.25, 0.3) is 0 Å². The van der Waals surface area contributed by atoms with Crippen molar-refractivity contribution in [2.24, 2.45) is 0 Å². The molecule has 1 heterocycles. The zero-order valence-electron chi connectivity index (χ0n) is 9.08. The highest BCUT2D eigenvalue weighted by atomic mass is 32.2. The van der Waals surface area contributed by atoms with Crippen LogP contribution < -0.4 is 4.72 Å². The van der Waals surface area contributed by atoms with E-state index in [1.807, 2.05) is 0 Å². The molecular weight excluding hydrogens is 266 g/mol. The SMILES string of the molecule is C[C@@H](O)CNS(=O)(=O)c1ccc(CC(=O)O)s1. The Morgan fingerprint density at radius 2 is 2.18 bits per heavy atom. The summed E-state index contributed by atoms with van der Waals surface area (Å²) in [6, 6.07) is 2.82. The van der Waals surface area contributed by atoms with Crippen LogP contribution in [0.15, 0.2) is 16.3 Å². The highest BCUT2D eigenvalue weighted by molar-refractivity contribution is 7.91. The van der Waals surface area contributed by atoms with Crippen LogP contribution in [0.5, 0.6) is 0 Å². The molecule has 0 aliphatic heterocycles. The first-order valence-corrected chi connectivity index (χ1v) is 7.09. The summed E-state index contributed by atoms with van der Waals surface area (Å²) in [5.74, 6) is -1.01. The maximum Gasteiger partial charge on any atom is 0.308 e. The van der Waals surface area contributed by atoms with Crippen molar-refractivity contribution in [2.75, 3.05) is 6.54 Å². The summed E-state index contributed by atoms with van der Waals surface area (Å²) in [5, 5.41) is 17.5. The van der Waals surface area contributed by atoms with Gasteiger partial charge in [0.15, 0.2) is 0 Å². The second kappa shape index (κ2) is 5.58. The van der Waals surface area contributed by atoms with Gasteiger partial charge in [0.05, 0.1) is 12.5 Å². The Morgan fingerprint density at radius 1 is 1.53 bits per heavy atom. The van der Waals surface area contributed by atoms with Crippen molar-refractivity contribution < 1.29 is 23.4 Å². The lowest BCUT2D eigenvalue weighted by Crippen LogP contribution is -2.30. The third-order valence-corrected chi connectivity index (χ3v) is 4.80. The van der Waals surface area contributed by atoms with Crippen LogP contribution in [0, 0.1) is 0 Å². The normalized spacial score (nSPS) is 13.5. The molecule has 0 fully saturated rings. The minimum absolute atomic E-state index is 0.0504. The summed E-state index contributed by atoms with van der Waals surface area (Å²) in [6.45, 7) is 1.39. The van der Waals surface area contributed by atoms with Gasteiger partial charge in [0.1, 0.15) is 4.21 Å². The zero-order valence-corrected chi connectivity index (χ0v) is 10.7. The third-order valence-electron chi connectivity index (χ3n) is 1.80. The van der Waals surface area contributed by atoms with E-state index in [1.165, 1.54) is 19.1 Å². The maximum atomic E-state index is 11.7. The summed E-state index contributed by atoms with van der Waals surface area (Å²) in [4.78, 5) is 10.9. The second-order valence-corrected chi connectivity index (χ2v) is 6.65. The fourth-order valence-corrected chi connectivity index (χ4v) is 3.56. The van der Waals surface area contributed by atoms with E-state index in [2.05, 4.69) is 4.72 Å². The van der Waals surface area contributed by atoms with E-state index < -0.39 is 22.1 Å². The molecule has 96 valence electrons. The average molecular weight is 279 g/mol. The number of aliphatic hydroxyl groups is 1. The quantitative estimate of drug-likeness (QED) is 0.682. The van der Waals surface area contributed by atoms with Crippen molar-refractivity contribution in [3.05, 3.63) is 17.0 Å². The predicted molar refractivity (Wildman–Crippen MR) is 62.5 cm³/mol. The summed E-state index contributed by atoms with van der Waals surface area (Å²) in [6.07, 6.45) is -0.973. The molecule has 0 aliphatic carbocycles. The lowest BCUT2D eigenvalue weighted by atomic mass is 10.3. The Hall–Kier alpha value is -0.960. The van der Waals surface area contributed by atoms with Gasteiger partial charge in [0.2, 0.25) is 10.0 Å². The molecule has 0 aliphatic rings. The van der Waals surface area contributed by atoms with Gasteiger partial charge in [-0.2, -0.15) is 0 Å². The predicted octanol–water partition coefficient (Wildman–Crippen LogP) is 0.0343. The third kappa shape index (κ3) is 4.43. The van der Waals surface area contributed by atoms with Crippen molar-refractivity contribution in [1.82, 2.24) is 4.72 Å². The molecule has 1 atom stereocenters. The number of carboxylic acids is 1. The molecule has 17 heavy (non-hydrogen) atoms. The van der Waals surface area contributed by atoms with Crippen LogP contribution in [-0.2, 0) is 21.2 Å². The molecular formula is C9H13NO5S2. The average Bonchev–Trinajstić information content (AvgIpc) is 2.63. The van der Waals surface area contributed by atoms with Crippen LogP contribution in [0.1, 0.15) is 11.8 Å². The lowest BCUT2D eigenvalue weighted by molar-refractivity contribution is -0.136. The molecule has 1 aromatic heterocycles. The van der Waals surface area contributed by atoms with Crippen molar-refractivity contribution >= 4 is 27.3 Å². The van der Waals surface area contributed by atoms with E-state index in [1.54, 1.807) is 0 Å². The molecule has 0 unspecified atom stereocenters. The van der Waals surface area contributed by atoms with E-state index in [0.29, 0.717) is 4.88 Å². The smallest absolute Gasteiger partial charge is 0.308 e. The Morgan fingerprint density at radius 3 is 2.71 bits per heavy atom. The number of rotatable bonds is 6. The van der Waals surface area contributed by atoms with Gasteiger partial charge >= 0.3 is 5.97 Å². The number of nitrogens with one attached hydrogen (secondary N) is 1. The van der Waals surface area contributed by atoms with Gasteiger partial charge in [-0.25, -0.2) is 13.1 Å². The Balaban J connectivity index is 2.78. The van der Waals surface area contributed by atoms with Crippen molar-refractivity contribution in [2.45, 2.75) is 23.7 Å². The molecule has 0 saturated heterocycles. The van der Waals surface area contributed by atoms with Crippen molar-refractivity contribution in [3.8, 4) is 0 Å². The molecule has 0 spiro atoms. The van der Waals surface area contributed by atoms with Crippen LogP contribution >= 0.6 is 11.3 Å². The second-order valence-electron chi connectivity index (χ2n) is 3.49. The fraction of sp³-hybridized carbons (Fsp3) is 0.444. The maximum absolute atomic E-state index is 11.7. The summed E-state index contributed by atoms with van der Waals surface area (Å²) < 4.78 is 25.6. The van der Waals surface area contributed by atoms with Crippen LogP contribution in [0.25, 0.3) is 0 Å². The molecule has 8 heteroatoms. The van der Waals surface area contributed by atoms with Crippen molar-refractivity contribution in [3.63, 3.8) is 0 Å². The van der Waals surface area contributed by atoms with E-state index in [0.717, 1.165) is 11.3 Å². The highest BCUT2D eigenvalue weighted by Gasteiger charge is 2.17. The Kier molecular flexibility index (Phi) is 4.63. The molecule has 6 nitrogen and oxygen atoms in total. The van der Waals surface area contributed by atoms with Crippen LogP contribution in [0.3, 0.4) is 0 Å². The number of carboxylic acid groups (broad SMARTS) is 1. The molecule has 0 bridgehead atoms. The zero-order chi connectivity index (χ0) is 13.1. The van der Waals surface area contributed by atoms with E-state index in [4.69, 9.17) is 10.2 Å². The molecule has 0 amide bonds. The topological polar surface area (TPSA) is 104 Å². The van der Waals surface area contributed by atoms with Crippen molar-refractivity contribution in [1.29, 1.82) is 0 Å². The highest BCUT2D eigenvalue weighted by Crippen LogP contribution is 2.21. The number of hydrogen-bond donors (Lipinski definition) is 3. The molecule has 0 saturated carbocycles. The van der Waals surface area contributed by atoms with Crippen LogP contribution in [0.2, 0.25) is 0 Å². The summed E-state index contributed by atoms with van der Waals surface area (Å²) in [7, 11) is -3.65. The number of sulfonamides is 1. The number of aliphatic carboxylic acids is 1. The van der Waals surface area contributed by atoms with Crippen LogP contribution in [0.4, 0.5) is 0 Å². The number of aliphatic hydroxyl groups excluding tert-OH is 1. The van der Waals surface area contributed by atoms with E-state index >= 15 is 0 Å². The molecule has 0 aromatic carbocycles. The van der Waals surface area contributed by atoms with E-state index in [-0.39, 0.29) is 17.2 Å².